The third kappa shape index (κ3) is 4.43. The molecule has 0 aromatic heterocycles. The topological polar surface area (TPSA) is 65.0 Å². The number of nitrogens with one attached hydrogen (secondary N) is 1. The van der Waals surface area contributed by atoms with E-state index in [1.807, 2.05) is 0 Å². The second-order valence-corrected chi connectivity index (χ2v) is 8.02. The van der Waals surface area contributed by atoms with Gasteiger partial charge in [0.2, 0.25) is 0 Å². The zero-order valence-electron chi connectivity index (χ0n) is 15.2. The summed E-state index contributed by atoms with van der Waals surface area (Å²) in [5, 5.41) is 3.37. The molecule has 0 radical (unpaired) electrons. The zero-order valence-corrected chi connectivity index (χ0v) is 16.1. The highest BCUT2D eigenvalue weighted by Crippen LogP contribution is 2.29. The Labute approximate surface area is 149 Å². The maximum Gasteiger partial charge on any atom is 0.325 e. The van der Waals surface area contributed by atoms with E-state index in [2.05, 4.69) is 31.0 Å². The lowest BCUT2D eigenvalue weighted by molar-refractivity contribution is -0.127. The van der Waals surface area contributed by atoms with Gasteiger partial charge in [0.05, 0.1) is 0 Å². The Bertz CT molecular complexity index is 495. The lowest BCUT2D eigenvalue weighted by Crippen LogP contribution is -2.63. The smallest absolute Gasteiger partial charge is 0.325 e. The van der Waals surface area contributed by atoms with Crippen LogP contribution in [0.2, 0.25) is 0 Å². The van der Waals surface area contributed by atoms with E-state index < -0.39 is 0 Å². The molecule has 2 rings (SSSR count). The Morgan fingerprint density at radius 3 is 2.67 bits per heavy atom. The number of carbonyl (C=O) groups is 2. The number of urea groups is 1. The Balaban J connectivity index is 2.07. The molecule has 1 N–H and O–H groups in total. The van der Waals surface area contributed by atoms with Crippen molar-refractivity contribution in [1.82, 2.24) is 15.1 Å². The molecule has 1 fully saturated rings. The van der Waals surface area contributed by atoms with Gasteiger partial charge in [0.15, 0.2) is 17.4 Å². The van der Waals surface area contributed by atoms with E-state index in [1.54, 1.807) is 23.7 Å². The number of unbranched alkanes of at least 4 members (excludes halogenated alkanes) is 3. The van der Waals surface area contributed by atoms with Gasteiger partial charge in [-0.05, 0) is 18.8 Å². The van der Waals surface area contributed by atoms with Crippen molar-refractivity contribution in [3.63, 3.8) is 0 Å². The minimum absolute atomic E-state index is 0.221. The summed E-state index contributed by atoms with van der Waals surface area (Å²) in [5.41, 5.74) is 0. The summed E-state index contributed by atoms with van der Waals surface area (Å²) in [5.74, 6) is 1.41. The van der Waals surface area contributed by atoms with Crippen molar-refractivity contribution in [3.05, 3.63) is 0 Å². The van der Waals surface area contributed by atoms with E-state index in [9.17, 15) is 9.59 Å². The van der Waals surface area contributed by atoms with Gasteiger partial charge in [0.1, 0.15) is 0 Å². The van der Waals surface area contributed by atoms with Gasteiger partial charge in [-0.15, -0.1) is 0 Å². The number of aliphatic imine (C=N–C) groups is 1. The number of carbonyl (C=O) groups excluding carboxylic acids is 2. The zero-order chi connectivity index (χ0) is 17.7. The van der Waals surface area contributed by atoms with Gasteiger partial charge >= 0.3 is 6.03 Å². The van der Waals surface area contributed by atoms with Gasteiger partial charge < -0.3 is 9.80 Å². The molecular weight excluding hydrogens is 324 g/mol. The fourth-order valence-electron chi connectivity index (χ4n) is 2.95. The van der Waals surface area contributed by atoms with Crippen LogP contribution < -0.4 is 5.32 Å². The molecule has 0 spiro atoms. The highest BCUT2D eigenvalue weighted by atomic mass is 32.2. The van der Waals surface area contributed by atoms with E-state index >= 15 is 0 Å². The number of imide groups is 1. The average molecular weight is 355 g/mol. The average Bonchev–Trinajstić information content (AvgIpc) is 2.88. The molecule has 136 valence electrons. The predicted octanol–water partition coefficient (Wildman–Crippen LogP) is 2.89. The summed E-state index contributed by atoms with van der Waals surface area (Å²) in [6, 6.07) is -0.736. The molecule has 2 aliphatic rings. The predicted molar refractivity (Wildman–Crippen MR) is 99.1 cm³/mol. The fourth-order valence-corrected chi connectivity index (χ4v) is 4.28. The van der Waals surface area contributed by atoms with Gasteiger partial charge in [0, 0.05) is 19.3 Å². The molecule has 0 aliphatic carbocycles. The summed E-state index contributed by atoms with van der Waals surface area (Å²) >= 11 is 1.71. The lowest BCUT2D eigenvalue weighted by atomic mass is 10.1. The minimum atomic E-state index is -0.390. The molecule has 2 heterocycles. The molecule has 2 aliphatic heterocycles. The van der Waals surface area contributed by atoms with Gasteiger partial charge in [-0.3, -0.25) is 10.1 Å². The van der Waals surface area contributed by atoms with Crippen LogP contribution in [0.4, 0.5) is 4.79 Å². The molecule has 2 unspecified atom stereocenters. The minimum Gasteiger partial charge on any atom is -0.336 e. The summed E-state index contributed by atoms with van der Waals surface area (Å²) in [6.45, 7) is 7.43. The third-order valence-electron chi connectivity index (χ3n) is 4.50. The van der Waals surface area contributed by atoms with E-state index in [0.717, 1.165) is 36.7 Å². The Morgan fingerprint density at radius 1 is 1.25 bits per heavy atom. The molecule has 0 saturated carbocycles. The number of fused-ring (bicyclic) bond motifs is 1. The molecule has 0 bridgehead atoms. The van der Waals surface area contributed by atoms with Crippen molar-refractivity contribution in [3.8, 4) is 0 Å². The van der Waals surface area contributed by atoms with E-state index in [1.165, 1.54) is 12.8 Å². The van der Waals surface area contributed by atoms with Crippen molar-refractivity contribution in [1.29, 1.82) is 0 Å². The first-order chi connectivity index (χ1) is 11.5. The Hall–Kier alpha value is -1.24. The van der Waals surface area contributed by atoms with Crippen LogP contribution in [-0.2, 0) is 4.79 Å². The first-order valence-electron chi connectivity index (χ1n) is 9.00. The van der Waals surface area contributed by atoms with Crippen molar-refractivity contribution < 1.29 is 9.59 Å². The number of nitrogens with zero attached hydrogens (tertiary/aromatic N) is 3. The number of rotatable bonds is 8. The second kappa shape index (κ2) is 8.74. The standard InChI is InChI=1S/C17H30N4O2S/c1-5-6-7-8-10-21-13-14(20(4)16(23)19-15(13)22)18-17(21)24-11-9-12(2)3/h12-14H,5-11H2,1-4H3,(H,19,22,23). The van der Waals surface area contributed by atoms with Crippen LogP contribution in [0.5, 0.6) is 0 Å². The Kier molecular flexibility index (Phi) is 6.95. The summed E-state index contributed by atoms with van der Waals surface area (Å²) in [7, 11) is 1.71. The quantitative estimate of drug-likeness (QED) is 0.681. The van der Waals surface area contributed by atoms with Crippen LogP contribution in [-0.4, -0.2) is 58.5 Å². The SMILES string of the molecule is CCCCCCN1C(SCCC(C)C)=NC2C1C(=O)NC(=O)N2C. The van der Waals surface area contributed by atoms with Crippen LogP contribution in [0.1, 0.15) is 52.9 Å². The molecule has 7 heteroatoms. The molecule has 6 nitrogen and oxygen atoms in total. The van der Waals surface area contributed by atoms with Crippen molar-refractivity contribution in [2.24, 2.45) is 10.9 Å². The molecule has 24 heavy (non-hydrogen) atoms. The van der Waals surface area contributed by atoms with E-state index in [0.29, 0.717) is 5.92 Å². The largest absolute Gasteiger partial charge is 0.336 e. The van der Waals surface area contributed by atoms with Crippen molar-refractivity contribution in [2.45, 2.75) is 65.1 Å². The Morgan fingerprint density at radius 2 is 2.00 bits per heavy atom. The number of thioether (sulfide) groups is 1. The summed E-state index contributed by atoms with van der Waals surface area (Å²) in [4.78, 5) is 32.6. The molecule has 1 saturated heterocycles. The monoisotopic (exact) mass is 354 g/mol. The van der Waals surface area contributed by atoms with Gasteiger partial charge in [-0.25, -0.2) is 9.79 Å². The summed E-state index contributed by atoms with van der Waals surface area (Å²) in [6.07, 6.45) is 5.33. The van der Waals surface area contributed by atoms with Gasteiger partial charge in [-0.2, -0.15) is 0 Å². The van der Waals surface area contributed by atoms with Crippen LogP contribution in [0.15, 0.2) is 4.99 Å². The van der Waals surface area contributed by atoms with Crippen LogP contribution >= 0.6 is 11.8 Å². The number of hydrogen-bond donors (Lipinski definition) is 1. The number of amidine groups is 1. The summed E-state index contributed by atoms with van der Waals surface area (Å²) < 4.78 is 0. The van der Waals surface area contributed by atoms with Crippen LogP contribution in [0, 0.1) is 5.92 Å². The fraction of sp³-hybridized carbons (Fsp3) is 0.824. The highest BCUT2D eigenvalue weighted by molar-refractivity contribution is 8.13. The van der Waals surface area contributed by atoms with E-state index in [-0.39, 0.29) is 24.1 Å². The molecule has 0 aromatic rings. The maximum atomic E-state index is 12.4. The normalized spacial score (nSPS) is 23.6. The highest BCUT2D eigenvalue weighted by Gasteiger charge is 2.48. The third-order valence-corrected chi connectivity index (χ3v) is 5.54. The number of amides is 3. The number of hydrogen-bond acceptors (Lipinski definition) is 5. The molecule has 3 amide bonds. The first-order valence-corrected chi connectivity index (χ1v) is 9.99. The maximum absolute atomic E-state index is 12.4. The van der Waals surface area contributed by atoms with Crippen LogP contribution in [0.3, 0.4) is 0 Å². The van der Waals surface area contributed by atoms with Crippen LogP contribution in [0.25, 0.3) is 0 Å². The second-order valence-electron chi connectivity index (χ2n) is 6.96. The van der Waals surface area contributed by atoms with Gasteiger partial charge in [0.25, 0.3) is 5.91 Å². The molecule has 0 aromatic carbocycles. The molecule has 2 atom stereocenters. The first kappa shape index (κ1) is 19.1. The van der Waals surface area contributed by atoms with Crippen molar-refractivity contribution >= 4 is 28.9 Å². The van der Waals surface area contributed by atoms with Crippen molar-refractivity contribution in [2.75, 3.05) is 19.3 Å². The molecular formula is C17H30N4O2S. The lowest BCUT2D eigenvalue weighted by Gasteiger charge is -2.36. The van der Waals surface area contributed by atoms with E-state index in [4.69, 9.17) is 4.99 Å². The number of likely N-dealkylation sites (N-methyl/N-ethyl adjacent to an activating group) is 1. The van der Waals surface area contributed by atoms with Gasteiger partial charge in [-0.1, -0.05) is 51.8 Å².